The van der Waals surface area contributed by atoms with Crippen LogP contribution in [0.4, 0.5) is 11.8 Å². The van der Waals surface area contributed by atoms with Crippen LogP contribution in [0.25, 0.3) is 11.3 Å². The van der Waals surface area contributed by atoms with E-state index in [1.165, 1.54) is 0 Å². The molecule has 9 heteroatoms. The molecule has 0 aliphatic carbocycles. The molecule has 1 aromatic carbocycles. The molecule has 0 fully saturated rings. The maximum Gasteiger partial charge on any atom is 0.272 e. The second-order valence-electron chi connectivity index (χ2n) is 5.77. The van der Waals surface area contributed by atoms with Gasteiger partial charge in [0.05, 0.1) is 26.9 Å². The average molecular weight is 357 g/mol. The van der Waals surface area contributed by atoms with Crippen LogP contribution < -0.4 is 9.47 Å². The van der Waals surface area contributed by atoms with Crippen molar-refractivity contribution in [3.63, 3.8) is 0 Å². The summed E-state index contributed by atoms with van der Waals surface area (Å²) in [6.45, 7) is 0. The van der Waals surface area contributed by atoms with Crippen LogP contribution in [-0.2, 0) is 0 Å². The van der Waals surface area contributed by atoms with Crippen LogP contribution >= 0.6 is 0 Å². The van der Waals surface area contributed by atoms with E-state index in [4.69, 9.17) is 9.47 Å². The Labute approximate surface area is 153 Å². The zero-order chi connectivity index (χ0) is 19.1. The minimum absolute atomic E-state index is 0.230. The highest BCUT2D eigenvalue weighted by molar-refractivity contribution is 5.75. The molecule has 0 saturated heterocycles. The summed E-state index contributed by atoms with van der Waals surface area (Å²) in [5.74, 6) is 1.85. The summed E-state index contributed by atoms with van der Waals surface area (Å²) in [5, 5.41) is 8.33. The number of rotatable bonds is 7. The molecule has 0 saturated carbocycles. The van der Waals surface area contributed by atoms with Crippen molar-refractivity contribution in [2.75, 3.05) is 42.4 Å². The van der Waals surface area contributed by atoms with E-state index in [-0.39, 0.29) is 5.95 Å². The Morgan fingerprint density at radius 3 is 2.15 bits per heavy atom. The Hall–Kier alpha value is -3.23. The smallest absolute Gasteiger partial charge is 0.272 e. The van der Waals surface area contributed by atoms with Crippen LogP contribution in [0.15, 0.2) is 28.2 Å². The van der Waals surface area contributed by atoms with Crippen LogP contribution in [0.5, 0.6) is 11.5 Å². The number of aliphatic imine (C=N–C) groups is 2. The first-order valence-electron chi connectivity index (χ1n) is 7.83. The van der Waals surface area contributed by atoms with Crippen molar-refractivity contribution in [2.24, 2.45) is 9.98 Å². The molecular formula is C17H23N7O2. The molecule has 0 atom stereocenters. The van der Waals surface area contributed by atoms with E-state index in [9.17, 15) is 0 Å². The third kappa shape index (κ3) is 4.88. The predicted octanol–water partition coefficient (Wildman–Crippen LogP) is 2.00. The first kappa shape index (κ1) is 19.1. The second-order valence-corrected chi connectivity index (χ2v) is 5.77. The summed E-state index contributed by atoms with van der Waals surface area (Å²) in [6.07, 6.45) is 3.25. The summed E-state index contributed by atoms with van der Waals surface area (Å²) in [6, 6.07) is 5.46. The normalized spacial score (nSPS) is 11.2. The summed E-state index contributed by atoms with van der Waals surface area (Å²) < 4.78 is 10.6. The Morgan fingerprint density at radius 2 is 1.54 bits per heavy atom. The highest BCUT2D eigenvalue weighted by atomic mass is 16.5. The Morgan fingerprint density at radius 1 is 0.885 bits per heavy atom. The van der Waals surface area contributed by atoms with E-state index in [0.717, 1.165) is 5.56 Å². The molecule has 0 N–H and O–H groups in total. The van der Waals surface area contributed by atoms with Gasteiger partial charge >= 0.3 is 0 Å². The lowest BCUT2D eigenvalue weighted by molar-refractivity contribution is 0.355. The van der Waals surface area contributed by atoms with E-state index in [2.05, 4.69) is 25.2 Å². The Kier molecular flexibility index (Phi) is 6.42. The van der Waals surface area contributed by atoms with E-state index in [1.807, 2.05) is 45.2 Å². The number of benzene rings is 1. The van der Waals surface area contributed by atoms with Gasteiger partial charge in [-0.2, -0.15) is 4.98 Å². The molecule has 0 spiro atoms. The first-order valence-corrected chi connectivity index (χ1v) is 7.83. The summed E-state index contributed by atoms with van der Waals surface area (Å²) in [4.78, 5) is 16.6. The molecule has 0 aliphatic heterocycles. The highest BCUT2D eigenvalue weighted by Gasteiger charge is 2.13. The van der Waals surface area contributed by atoms with Crippen LogP contribution in [0.2, 0.25) is 0 Å². The van der Waals surface area contributed by atoms with Crippen molar-refractivity contribution in [3.05, 3.63) is 18.2 Å². The molecule has 0 unspecified atom stereocenters. The maximum atomic E-state index is 5.36. The molecule has 2 aromatic rings. The van der Waals surface area contributed by atoms with Crippen molar-refractivity contribution >= 4 is 24.4 Å². The number of hydrogen-bond donors (Lipinski definition) is 0. The van der Waals surface area contributed by atoms with Crippen molar-refractivity contribution in [2.45, 2.75) is 0 Å². The van der Waals surface area contributed by atoms with E-state index in [0.29, 0.717) is 23.0 Å². The molecule has 2 rings (SSSR count). The van der Waals surface area contributed by atoms with E-state index in [1.54, 1.807) is 37.9 Å². The van der Waals surface area contributed by atoms with Gasteiger partial charge < -0.3 is 19.3 Å². The van der Waals surface area contributed by atoms with Crippen LogP contribution in [-0.4, -0.2) is 80.1 Å². The van der Waals surface area contributed by atoms with Crippen molar-refractivity contribution in [1.29, 1.82) is 0 Å². The predicted molar refractivity (Wildman–Crippen MR) is 102 cm³/mol. The van der Waals surface area contributed by atoms with Gasteiger partial charge in [0.15, 0.2) is 17.3 Å². The van der Waals surface area contributed by atoms with Crippen LogP contribution in [0.3, 0.4) is 0 Å². The molecule has 1 aromatic heterocycles. The average Bonchev–Trinajstić information content (AvgIpc) is 2.64. The number of nitrogens with zero attached hydrogens (tertiary/aromatic N) is 7. The third-order valence-electron chi connectivity index (χ3n) is 3.13. The van der Waals surface area contributed by atoms with Crippen LogP contribution in [0, 0.1) is 0 Å². The Balaban J connectivity index is 2.52. The maximum absolute atomic E-state index is 5.36. The molecule has 0 amide bonds. The fourth-order valence-electron chi connectivity index (χ4n) is 1.96. The SMILES string of the molecule is COc1ccc(-c2nnc(/N=C/N(C)C)nc2/N=C/N(C)C)cc1OC. The largest absolute Gasteiger partial charge is 0.493 e. The minimum atomic E-state index is 0.230. The first-order chi connectivity index (χ1) is 12.4. The zero-order valence-corrected chi connectivity index (χ0v) is 15.8. The lowest BCUT2D eigenvalue weighted by Crippen LogP contribution is -2.08. The van der Waals surface area contributed by atoms with Gasteiger partial charge in [0, 0.05) is 33.8 Å². The van der Waals surface area contributed by atoms with Crippen LogP contribution in [0.1, 0.15) is 0 Å². The van der Waals surface area contributed by atoms with Gasteiger partial charge in [-0.05, 0) is 18.2 Å². The topological polar surface area (TPSA) is 88.3 Å². The van der Waals surface area contributed by atoms with Gasteiger partial charge in [0.25, 0.3) is 5.95 Å². The van der Waals surface area contributed by atoms with Gasteiger partial charge in [-0.15, -0.1) is 10.2 Å². The van der Waals surface area contributed by atoms with Crippen molar-refractivity contribution in [3.8, 4) is 22.8 Å². The molecule has 0 radical (unpaired) electrons. The zero-order valence-electron chi connectivity index (χ0n) is 15.8. The van der Waals surface area contributed by atoms with Crippen molar-refractivity contribution in [1.82, 2.24) is 25.0 Å². The summed E-state index contributed by atoms with van der Waals surface area (Å²) >= 11 is 0. The van der Waals surface area contributed by atoms with Gasteiger partial charge in [-0.1, -0.05) is 0 Å². The Bertz CT molecular complexity index is 804. The number of aromatic nitrogens is 3. The minimum Gasteiger partial charge on any atom is -0.493 e. The molecule has 138 valence electrons. The van der Waals surface area contributed by atoms with Crippen molar-refractivity contribution < 1.29 is 9.47 Å². The molecule has 26 heavy (non-hydrogen) atoms. The quantitative estimate of drug-likeness (QED) is 0.553. The fraction of sp³-hybridized carbons (Fsp3) is 0.353. The monoisotopic (exact) mass is 357 g/mol. The third-order valence-corrected chi connectivity index (χ3v) is 3.13. The summed E-state index contributed by atoms with van der Waals surface area (Å²) in [7, 11) is 10.6. The standard InChI is InChI=1S/C17H23N7O2/c1-23(2)10-18-16-15(21-22-17(20-16)19-11-24(3)4)12-7-8-13(25-5)14(9-12)26-6/h7-11H,1-6H3/b18-10+,19-11+. The molecule has 1 heterocycles. The molecule has 9 nitrogen and oxygen atoms in total. The second kappa shape index (κ2) is 8.75. The fourth-order valence-corrected chi connectivity index (χ4v) is 1.96. The lowest BCUT2D eigenvalue weighted by atomic mass is 10.1. The number of ether oxygens (including phenoxy) is 2. The van der Waals surface area contributed by atoms with Gasteiger partial charge in [0.1, 0.15) is 5.69 Å². The number of hydrogen-bond acceptors (Lipinski definition) is 7. The molecule has 0 aliphatic rings. The van der Waals surface area contributed by atoms with Gasteiger partial charge in [-0.3, -0.25) is 0 Å². The molecular weight excluding hydrogens is 334 g/mol. The van der Waals surface area contributed by atoms with E-state index < -0.39 is 0 Å². The van der Waals surface area contributed by atoms with E-state index >= 15 is 0 Å². The highest BCUT2D eigenvalue weighted by Crippen LogP contribution is 2.34. The van der Waals surface area contributed by atoms with Gasteiger partial charge in [0.2, 0.25) is 0 Å². The lowest BCUT2D eigenvalue weighted by Gasteiger charge is -2.10. The van der Waals surface area contributed by atoms with Gasteiger partial charge in [-0.25, -0.2) is 9.98 Å². The molecule has 0 bridgehead atoms. The summed E-state index contributed by atoms with van der Waals surface area (Å²) in [5.41, 5.74) is 1.28. The number of methoxy groups -OCH3 is 2.